The van der Waals surface area contributed by atoms with Crippen LogP contribution in [0.25, 0.3) is 0 Å². The lowest BCUT2D eigenvalue weighted by atomic mass is 10.2. The Kier molecular flexibility index (Phi) is 5.02. The summed E-state index contributed by atoms with van der Waals surface area (Å²) in [5.74, 6) is 0. The van der Waals surface area contributed by atoms with Gasteiger partial charge in [-0.05, 0) is 41.4 Å². The van der Waals surface area contributed by atoms with Gasteiger partial charge in [-0.1, -0.05) is 6.08 Å². The molecule has 3 heteroatoms. The summed E-state index contributed by atoms with van der Waals surface area (Å²) < 4.78 is 0.898. The number of halogens is 1. The molecule has 0 amide bonds. The summed E-state index contributed by atoms with van der Waals surface area (Å²) >= 11 is 3.33. The highest BCUT2D eigenvalue weighted by Gasteiger charge is 1.94. The third-order valence-electron chi connectivity index (χ3n) is 1.81. The minimum atomic E-state index is 0.529. The van der Waals surface area contributed by atoms with E-state index in [1.807, 2.05) is 31.2 Å². The van der Waals surface area contributed by atoms with Crippen LogP contribution in [0.5, 0.6) is 0 Å². The number of carbonyl (C=O) groups is 1. The molecule has 0 unspecified atom stereocenters. The Morgan fingerprint density at radius 2 is 2.47 bits per heavy atom. The molecule has 1 aliphatic carbocycles. The molecular formula is C12H12BrNO. The Hall–Kier alpha value is -1.18. The lowest BCUT2D eigenvalue weighted by molar-refractivity contribution is -0.107. The van der Waals surface area contributed by atoms with Gasteiger partial charge in [-0.25, -0.2) is 0 Å². The van der Waals surface area contributed by atoms with Gasteiger partial charge in [0.05, 0.1) is 10.2 Å². The van der Waals surface area contributed by atoms with Crippen molar-refractivity contribution < 1.29 is 4.79 Å². The lowest BCUT2D eigenvalue weighted by Gasteiger charge is -1.96. The molecule has 0 aromatic carbocycles. The second kappa shape index (κ2) is 6.33. The predicted molar refractivity (Wildman–Crippen MR) is 66.2 cm³/mol. The molecule has 0 heterocycles. The number of hydrogen-bond acceptors (Lipinski definition) is 2. The van der Waals surface area contributed by atoms with E-state index in [1.165, 1.54) is 0 Å². The minimum absolute atomic E-state index is 0.529. The van der Waals surface area contributed by atoms with Crippen molar-refractivity contribution in [1.82, 2.24) is 0 Å². The van der Waals surface area contributed by atoms with Gasteiger partial charge >= 0.3 is 0 Å². The minimum Gasteiger partial charge on any atom is -0.303 e. The van der Waals surface area contributed by atoms with E-state index >= 15 is 0 Å². The van der Waals surface area contributed by atoms with Crippen molar-refractivity contribution in [2.24, 2.45) is 4.99 Å². The molecular weight excluding hydrogens is 254 g/mol. The zero-order valence-electron chi connectivity index (χ0n) is 8.53. The van der Waals surface area contributed by atoms with Crippen LogP contribution in [0, 0.1) is 0 Å². The smallest absolute Gasteiger partial charge is 0.120 e. The molecule has 0 fully saturated rings. The lowest BCUT2D eigenvalue weighted by Crippen LogP contribution is -1.92. The number of nitrogens with zero attached hydrogens (tertiary/aromatic N) is 1. The molecule has 0 bridgehead atoms. The molecule has 78 valence electrons. The summed E-state index contributed by atoms with van der Waals surface area (Å²) in [4.78, 5) is 14.6. The SMILES string of the molecule is CC(CCC=O)=NC1=CC=CC(Br)=C=C1. The number of aliphatic imine (C=N–C) groups is 1. The Bertz CT molecular complexity index is 396. The van der Waals surface area contributed by atoms with E-state index in [1.54, 1.807) is 0 Å². The van der Waals surface area contributed by atoms with Crippen LogP contribution in [0.15, 0.2) is 45.2 Å². The Labute approximate surface area is 97.9 Å². The van der Waals surface area contributed by atoms with E-state index in [0.717, 1.165) is 22.2 Å². The maximum absolute atomic E-state index is 10.2. The topological polar surface area (TPSA) is 29.4 Å². The van der Waals surface area contributed by atoms with Gasteiger partial charge in [0, 0.05) is 18.2 Å². The average Bonchev–Trinajstić information content (AvgIpc) is 2.41. The van der Waals surface area contributed by atoms with E-state index in [0.29, 0.717) is 12.8 Å². The van der Waals surface area contributed by atoms with Crippen molar-refractivity contribution in [3.63, 3.8) is 0 Å². The zero-order chi connectivity index (χ0) is 11.1. The van der Waals surface area contributed by atoms with Gasteiger partial charge in [-0.2, -0.15) is 0 Å². The van der Waals surface area contributed by atoms with Crippen molar-refractivity contribution in [1.29, 1.82) is 0 Å². The Morgan fingerprint density at radius 1 is 1.67 bits per heavy atom. The number of carbonyl (C=O) groups excluding carboxylic acids is 1. The first-order valence-electron chi connectivity index (χ1n) is 4.71. The van der Waals surface area contributed by atoms with Crippen LogP contribution in [-0.2, 0) is 4.79 Å². The number of aldehydes is 1. The van der Waals surface area contributed by atoms with Crippen LogP contribution < -0.4 is 0 Å². The summed E-state index contributed by atoms with van der Waals surface area (Å²) in [7, 11) is 0. The van der Waals surface area contributed by atoms with Crippen molar-refractivity contribution in [2.45, 2.75) is 19.8 Å². The van der Waals surface area contributed by atoms with Gasteiger partial charge in [0.15, 0.2) is 0 Å². The summed E-state index contributed by atoms with van der Waals surface area (Å²) in [5.41, 5.74) is 4.84. The fourth-order valence-corrected chi connectivity index (χ4v) is 1.35. The van der Waals surface area contributed by atoms with Crippen LogP contribution in [0.4, 0.5) is 0 Å². The first-order valence-corrected chi connectivity index (χ1v) is 5.50. The monoisotopic (exact) mass is 265 g/mol. The summed E-state index contributed by atoms with van der Waals surface area (Å²) in [6.45, 7) is 1.92. The van der Waals surface area contributed by atoms with Crippen molar-refractivity contribution >= 4 is 27.9 Å². The van der Waals surface area contributed by atoms with Gasteiger partial charge in [0.2, 0.25) is 0 Å². The maximum atomic E-state index is 10.2. The van der Waals surface area contributed by atoms with Crippen LogP contribution in [0.2, 0.25) is 0 Å². The Morgan fingerprint density at radius 3 is 3.20 bits per heavy atom. The zero-order valence-corrected chi connectivity index (χ0v) is 10.1. The molecule has 0 aliphatic heterocycles. The summed E-state index contributed by atoms with van der Waals surface area (Å²) in [6.07, 6.45) is 9.68. The van der Waals surface area contributed by atoms with Gasteiger partial charge in [-0.15, -0.1) is 5.73 Å². The molecule has 1 aliphatic rings. The average molecular weight is 266 g/mol. The molecule has 2 nitrogen and oxygen atoms in total. The van der Waals surface area contributed by atoms with Crippen LogP contribution in [-0.4, -0.2) is 12.0 Å². The highest BCUT2D eigenvalue weighted by atomic mass is 79.9. The second-order valence-corrected chi connectivity index (χ2v) is 3.99. The maximum Gasteiger partial charge on any atom is 0.120 e. The number of rotatable bonds is 4. The predicted octanol–water partition coefficient (Wildman–Crippen LogP) is 3.31. The third kappa shape index (κ3) is 4.73. The molecule has 15 heavy (non-hydrogen) atoms. The highest BCUT2D eigenvalue weighted by molar-refractivity contribution is 9.11. The molecule has 0 aromatic heterocycles. The Balaban J connectivity index is 2.73. The van der Waals surface area contributed by atoms with Crippen LogP contribution in [0.3, 0.4) is 0 Å². The summed E-state index contributed by atoms with van der Waals surface area (Å²) in [5, 5.41) is 0. The van der Waals surface area contributed by atoms with Crippen molar-refractivity contribution in [2.75, 3.05) is 0 Å². The van der Waals surface area contributed by atoms with Gasteiger partial charge < -0.3 is 4.79 Å². The van der Waals surface area contributed by atoms with E-state index < -0.39 is 0 Å². The fourth-order valence-electron chi connectivity index (χ4n) is 1.08. The molecule has 0 radical (unpaired) electrons. The fraction of sp³-hybridized carbons (Fsp3) is 0.250. The van der Waals surface area contributed by atoms with Crippen molar-refractivity contribution in [3.05, 3.63) is 40.2 Å². The molecule has 0 saturated heterocycles. The van der Waals surface area contributed by atoms with Gasteiger partial charge in [0.1, 0.15) is 6.29 Å². The quantitative estimate of drug-likeness (QED) is 0.436. The second-order valence-electron chi connectivity index (χ2n) is 3.14. The van der Waals surface area contributed by atoms with E-state index in [4.69, 9.17) is 0 Å². The molecule has 0 atom stereocenters. The summed E-state index contributed by atoms with van der Waals surface area (Å²) in [6, 6.07) is 0. The standard InChI is InChI=1S/C12H12BrNO/c1-10(4-3-9-15)14-12-6-2-5-11(13)7-8-12/h2,5-6,8-9H,3-4H2,1H3. The number of allylic oxidation sites excluding steroid dienone is 4. The van der Waals surface area contributed by atoms with E-state index in [2.05, 4.69) is 26.7 Å². The van der Waals surface area contributed by atoms with Crippen LogP contribution in [0.1, 0.15) is 19.8 Å². The van der Waals surface area contributed by atoms with E-state index in [-0.39, 0.29) is 0 Å². The normalized spacial score (nSPS) is 15.7. The molecule has 0 N–H and O–H groups in total. The molecule has 0 aromatic rings. The van der Waals surface area contributed by atoms with E-state index in [9.17, 15) is 4.79 Å². The molecule has 0 saturated carbocycles. The largest absolute Gasteiger partial charge is 0.303 e. The van der Waals surface area contributed by atoms with Crippen LogP contribution >= 0.6 is 15.9 Å². The highest BCUT2D eigenvalue weighted by Crippen LogP contribution is 2.11. The van der Waals surface area contributed by atoms with Gasteiger partial charge in [-0.3, -0.25) is 4.99 Å². The molecule has 1 rings (SSSR count). The van der Waals surface area contributed by atoms with Gasteiger partial charge in [0.25, 0.3) is 0 Å². The third-order valence-corrected chi connectivity index (χ3v) is 2.30. The number of hydrogen-bond donors (Lipinski definition) is 0. The van der Waals surface area contributed by atoms with Crippen molar-refractivity contribution in [3.8, 4) is 0 Å². The first-order chi connectivity index (χ1) is 7.22. The first kappa shape index (κ1) is 11.9. The molecule has 0 spiro atoms.